The van der Waals surface area contributed by atoms with E-state index in [2.05, 4.69) is 0 Å². The molecule has 2 aliphatic heterocycles. The lowest BCUT2D eigenvalue weighted by Gasteiger charge is -2.61. The zero-order chi connectivity index (χ0) is 17.7. The zero-order valence-electron chi connectivity index (χ0n) is 13.9. The molecule has 4 rings (SSSR count). The van der Waals surface area contributed by atoms with Crippen molar-refractivity contribution < 1.29 is 9.53 Å². The van der Waals surface area contributed by atoms with Crippen LogP contribution in [0.15, 0.2) is 60.7 Å². The Balaban J connectivity index is 1.92. The van der Waals surface area contributed by atoms with Crippen molar-refractivity contribution in [2.24, 2.45) is 0 Å². The molecule has 2 aromatic rings. The summed E-state index contributed by atoms with van der Waals surface area (Å²) in [6, 6.07) is 19.2. The summed E-state index contributed by atoms with van der Waals surface area (Å²) in [5.41, 5.74) is 0.578. The first-order valence-corrected chi connectivity index (χ1v) is 9.13. The number of benzene rings is 2. The van der Waals surface area contributed by atoms with Crippen molar-refractivity contribution in [3.63, 3.8) is 0 Å². The van der Waals surface area contributed by atoms with Crippen LogP contribution in [0, 0.1) is 0 Å². The molecule has 2 aliphatic rings. The number of anilines is 1. The number of hydrogen-bond acceptors (Lipinski definition) is 2. The average Bonchev–Trinajstić information content (AvgIpc) is 2.70. The minimum absolute atomic E-state index is 0.169. The van der Waals surface area contributed by atoms with Gasteiger partial charge in [0.1, 0.15) is 0 Å². The largest absolute Gasteiger partial charge is 0.349 e. The van der Waals surface area contributed by atoms with Crippen LogP contribution < -0.4 is 4.90 Å². The second-order valence-corrected chi connectivity index (χ2v) is 8.53. The quantitative estimate of drug-likeness (QED) is 0.563. The molecule has 2 aromatic carbocycles. The van der Waals surface area contributed by atoms with Gasteiger partial charge in [0.05, 0.1) is 6.61 Å². The summed E-state index contributed by atoms with van der Waals surface area (Å²) in [5, 5.41) is 0. The molecule has 0 saturated carbocycles. The smallest absolute Gasteiger partial charge is 0.256 e. The Hall–Kier alpha value is -1.55. The Morgan fingerprint density at radius 3 is 2.24 bits per heavy atom. The molecule has 3 nitrogen and oxygen atoms in total. The highest BCUT2D eigenvalue weighted by Gasteiger charge is 2.75. The van der Waals surface area contributed by atoms with Crippen molar-refractivity contribution in [1.29, 1.82) is 0 Å². The van der Waals surface area contributed by atoms with E-state index in [0.717, 1.165) is 11.3 Å². The Kier molecular flexibility index (Phi) is 3.87. The van der Waals surface area contributed by atoms with E-state index in [1.807, 2.05) is 67.6 Å². The Bertz CT molecular complexity index is 796. The molecular formula is C20H19Cl2NO2. The average molecular weight is 376 g/mol. The molecule has 0 aliphatic carbocycles. The highest BCUT2D eigenvalue weighted by Crippen LogP contribution is 2.61. The Labute approximate surface area is 157 Å². The lowest BCUT2D eigenvalue weighted by atomic mass is 9.72. The van der Waals surface area contributed by atoms with Crippen LogP contribution in [0.5, 0.6) is 0 Å². The fourth-order valence-corrected chi connectivity index (χ4v) is 4.93. The van der Waals surface area contributed by atoms with Gasteiger partial charge in [-0.1, -0.05) is 48.5 Å². The topological polar surface area (TPSA) is 29.5 Å². The third-order valence-electron chi connectivity index (χ3n) is 5.12. The second-order valence-electron chi connectivity index (χ2n) is 6.98. The molecule has 0 bridgehead atoms. The van der Waals surface area contributed by atoms with Gasteiger partial charge in [0.2, 0.25) is 5.72 Å². The van der Waals surface area contributed by atoms with E-state index < -0.39 is 15.5 Å². The summed E-state index contributed by atoms with van der Waals surface area (Å²) in [5.74, 6) is -0.169. The number of amides is 1. The first-order valence-electron chi connectivity index (χ1n) is 8.38. The molecule has 0 aromatic heterocycles. The van der Waals surface area contributed by atoms with E-state index in [4.69, 9.17) is 27.9 Å². The van der Waals surface area contributed by atoms with Crippen molar-refractivity contribution in [2.75, 3.05) is 11.5 Å². The number of hydrogen-bond donors (Lipinski definition) is 0. The molecular weight excluding hydrogens is 357 g/mol. The molecule has 130 valence electrons. The van der Waals surface area contributed by atoms with Crippen molar-refractivity contribution in [3.05, 3.63) is 66.2 Å². The van der Waals surface area contributed by atoms with Gasteiger partial charge in [-0.25, -0.2) is 0 Å². The number of alkyl halides is 2. The van der Waals surface area contributed by atoms with Gasteiger partial charge < -0.3 is 4.74 Å². The molecule has 1 amide bonds. The van der Waals surface area contributed by atoms with Crippen LogP contribution in [-0.2, 0) is 15.3 Å². The van der Waals surface area contributed by atoms with Crippen molar-refractivity contribution in [2.45, 2.75) is 35.2 Å². The minimum atomic E-state index is -1.23. The van der Waals surface area contributed by atoms with Gasteiger partial charge in [-0.2, -0.15) is 0 Å². The maximum absolute atomic E-state index is 13.2. The molecule has 0 N–H and O–H groups in total. The van der Waals surface area contributed by atoms with Crippen LogP contribution in [0.4, 0.5) is 5.69 Å². The number of para-hydroxylation sites is 1. The van der Waals surface area contributed by atoms with Gasteiger partial charge in [-0.15, -0.1) is 23.2 Å². The zero-order valence-corrected chi connectivity index (χ0v) is 15.4. The third kappa shape index (κ3) is 2.33. The van der Waals surface area contributed by atoms with Crippen molar-refractivity contribution >= 4 is 34.8 Å². The highest BCUT2D eigenvalue weighted by molar-refractivity contribution is 6.43. The van der Waals surface area contributed by atoms with Crippen molar-refractivity contribution in [1.82, 2.24) is 0 Å². The standard InChI is InChI=1S/C20H19Cl2NO2/c1-18(21)12-13-25-20(15-8-4-2-5-9-15)19(22,14-18)17(24)23(20)16-10-6-3-7-11-16/h2-11H,12-14H2,1H3/t18-,19+,20-/m0/s1. The first-order chi connectivity index (χ1) is 11.9. The van der Waals surface area contributed by atoms with Gasteiger partial charge in [0.15, 0.2) is 4.87 Å². The van der Waals surface area contributed by atoms with Crippen LogP contribution in [0.25, 0.3) is 0 Å². The number of β-lactam (4-membered cyclic amide) rings is 1. The monoisotopic (exact) mass is 375 g/mol. The third-order valence-corrected chi connectivity index (χ3v) is 5.99. The number of carbonyl (C=O) groups excluding carboxylic acids is 1. The predicted molar refractivity (Wildman–Crippen MR) is 100 cm³/mol. The Morgan fingerprint density at radius 2 is 1.60 bits per heavy atom. The first kappa shape index (κ1) is 16.9. The van der Waals surface area contributed by atoms with Crippen molar-refractivity contribution in [3.8, 4) is 0 Å². The summed E-state index contributed by atoms with van der Waals surface area (Å²) in [6.45, 7) is 2.35. The van der Waals surface area contributed by atoms with E-state index in [1.54, 1.807) is 4.90 Å². The van der Waals surface area contributed by atoms with E-state index in [-0.39, 0.29) is 5.91 Å². The van der Waals surface area contributed by atoms with E-state index in [1.165, 1.54) is 0 Å². The molecule has 0 spiro atoms. The molecule has 2 heterocycles. The van der Waals surface area contributed by atoms with E-state index >= 15 is 0 Å². The number of nitrogens with zero attached hydrogens (tertiary/aromatic N) is 1. The van der Waals surface area contributed by atoms with Crippen LogP contribution in [0.1, 0.15) is 25.3 Å². The number of halogens is 2. The lowest BCUT2D eigenvalue weighted by Crippen LogP contribution is -2.79. The summed E-state index contributed by atoms with van der Waals surface area (Å²) in [6.07, 6.45) is 0.980. The number of rotatable bonds is 2. The summed E-state index contributed by atoms with van der Waals surface area (Å²) in [4.78, 5) is 13.1. The van der Waals surface area contributed by atoms with E-state index in [9.17, 15) is 4.79 Å². The highest BCUT2D eigenvalue weighted by atomic mass is 35.5. The summed E-state index contributed by atoms with van der Waals surface area (Å²) >= 11 is 13.6. The fraction of sp³-hybridized carbons (Fsp3) is 0.350. The SMILES string of the molecule is C[C@]1(Cl)CCO[C@]2(c3ccccc3)N(c3ccccc3)C(=O)[C@]2(Cl)C1. The fourth-order valence-electron chi connectivity index (χ4n) is 3.95. The van der Waals surface area contributed by atoms with Gasteiger partial charge in [-0.3, -0.25) is 9.69 Å². The van der Waals surface area contributed by atoms with Crippen LogP contribution in [0.3, 0.4) is 0 Å². The minimum Gasteiger partial charge on any atom is -0.349 e. The summed E-state index contributed by atoms with van der Waals surface area (Å²) in [7, 11) is 0. The van der Waals surface area contributed by atoms with Crippen LogP contribution in [0.2, 0.25) is 0 Å². The molecule has 0 unspecified atom stereocenters. The van der Waals surface area contributed by atoms with E-state index in [0.29, 0.717) is 19.4 Å². The molecule has 0 radical (unpaired) electrons. The molecule has 2 fully saturated rings. The number of fused-ring (bicyclic) bond motifs is 1. The molecule has 5 heteroatoms. The second kappa shape index (κ2) is 5.73. The van der Waals surface area contributed by atoms with Gasteiger partial charge in [0, 0.05) is 16.1 Å². The van der Waals surface area contributed by atoms with Gasteiger partial charge in [-0.05, 0) is 31.9 Å². The number of ether oxygens (including phenoxy) is 1. The maximum atomic E-state index is 13.2. The maximum Gasteiger partial charge on any atom is 0.256 e. The molecule has 3 atom stereocenters. The van der Waals surface area contributed by atoms with Crippen LogP contribution in [-0.4, -0.2) is 22.3 Å². The van der Waals surface area contributed by atoms with Crippen LogP contribution >= 0.6 is 23.2 Å². The Morgan fingerprint density at radius 1 is 1.00 bits per heavy atom. The molecule has 25 heavy (non-hydrogen) atoms. The summed E-state index contributed by atoms with van der Waals surface area (Å²) < 4.78 is 6.34. The lowest BCUT2D eigenvalue weighted by molar-refractivity contribution is -0.163. The normalized spacial score (nSPS) is 34.8. The molecule has 2 saturated heterocycles. The van der Waals surface area contributed by atoms with Gasteiger partial charge in [0.25, 0.3) is 5.91 Å². The van der Waals surface area contributed by atoms with Gasteiger partial charge >= 0.3 is 0 Å². The number of carbonyl (C=O) groups is 1. The predicted octanol–water partition coefficient (Wildman–Crippen LogP) is 4.67.